The first-order chi connectivity index (χ1) is 12.8. The van der Waals surface area contributed by atoms with Crippen molar-refractivity contribution in [2.45, 2.75) is 6.18 Å². The van der Waals surface area contributed by atoms with Gasteiger partial charge in [-0.1, -0.05) is 30.3 Å². The standard InChI is InChI=1S/C18H13F3N4O2/c19-18(20,21)13-8-6-12(7-9-13)10-22-23-17(27)16-15(26)11-25(24-16)14-4-2-1-3-5-14/h1-11,26H,(H,23,27)/b22-10+. The Morgan fingerprint density at radius 2 is 1.78 bits per heavy atom. The largest absolute Gasteiger partial charge is 0.504 e. The van der Waals surface area contributed by atoms with E-state index >= 15 is 0 Å². The van der Waals surface area contributed by atoms with E-state index in [1.165, 1.54) is 29.2 Å². The van der Waals surface area contributed by atoms with Gasteiger partial charge in [0.25, 0.3) is 5.91 Å². The van der Waals surface area contributed by atoms with E-state index in [2.05, 4.69) is 15.6 Å². The molecule has 1 heterocycles. The van der Waals surface area contributed by atoms with Crippen LogP contribution in [0.15, 0.2) is 65.9 Å². The van der Waals surface area contributed by atoms with Gasteiger partial charge in [0, 0.05) is 0 Å². The van der Waals surface area contributed by atoms with Crippen LogP contribution in [0.1, 0.15) is 21.6 Å². The fraction of sp³-hybridized carbons (Fsp3) is 0.0556. The summed E-state index contributed by atoms with van der Waals surface area (Å²) in [6.45, 7) is 0. The summed E-state index contributed by atoms with van der Waals surface area (Å²) in [5.74, 6) is -1.09. The Morgan fingerprint density at radius 3 is 2.41 bits per heavy atom. The van der Waals surface area contributed by atoms with Crippen LogP contribution < -0.4 is 5.43 Å². The van der Waals surface area contributed by atoms with Gasteiger partial charge in [0.05, 0.1) is 23.7 Å². The average Bonchev–Trinajstić information content (AvgIpc) is 3.04. The van der Waals surface area contributed by atoms with Crippen LogP contribution in [-0.2, 0) is 6.18 Å². The minimum atomic E-state index is -4.42. The predicted molar refractivity (Wildman–Crippen MR) is 91.7 cm³/mol. The molecule has 3 rings (SSSR count). The Bertz CT molecular complexity index is 965. The highest BCUT2D eigenvalue weighted by Gasteiger charge is 2.29. The van der Waals surface area contributed by atoms with Gasteiger partial charge in [-0.15, -0.1) is 0 Å². The van der Waals surface area contributed by atoms with E-state index < -0.39 is 17.6 Å². The Hall–Kier alpha value is -3.62. The third kappa shape index (κ3) is 4.32. The van der Waals surface area contributed by atoms with Crippen LogP contribution >= 0.6 is 0 Å². The number of carbonyl (C=O) groups excluding carboxylic acids is 1. The second kappa shape index (κ2) is 7.32. The lowest BCUT2D eigenvalue weighted by atomic mass is 10.1. The minimum absolute atomic E-state index is 0.233. The highest BCUT2D eigenvalue weighted by atomic mass is 19.4. The van der Waals surface area contributed by atoms with Gasteiger partial charge >= 0.3 is 6.18 Å². The van der Waals surface area contributed by atoms with Crippen molar-refractivity contribution in [1.29, 1.82) is 0 Å². The molecular weight excluding hydrogens is 361 g/mol. The first kappa shape index (κ1) is 18.2. The van der Waals surface area contributed by atoms with E-state index in [1.807, 2.05) is 6.07 Å². The monoisotopic (exact) mass is 374 g/mol. The Morgan fingerprint density at radius 1 is 1.11 bits per heavy atom. The molecule has 0 aliphatic heterocycles. The zero-order chi connectivity index (χ0) is 19.4. The maximum atomic E-state index is 12.5. The number of hydrogen-bond acceptors (Lipinski definition) is 4. The van der Waals surface area contributed by atoms with Crippen molar-refractivity contribution in [1.82, 2.24) is 15.2 Å². The summed E-state index contributed by atoms with van der Waals surface area (Å²) in [4.78, 5) is 12.1. The fourth-order valence-electron chi connectivity index (χ4n) is 2.22. The molecule has 3 aromatic rings. The molecule has 0 radical (unpaired) electrons. The topological polar surface area (TPSA) is 79.5 Å². The summed E-state index contributed by atoms with van der Waals surface area (Å²) in [5, 5.41) is 17.6. The van der Waals surface area contributed by atoms with Gasteiger partial charge in [-0.2, -0.15) is 23.4 Å². The van der Waals surface area contributed by atoms with Crippen LogP contribution in [0.2, 0.25) is 0 Å². The van der Waals surface area contributed by atoms with Crippen molar-refractivity contribution >= 4 is 12.1 Å². The van der Waals surface area contributed by atoms with Crippen LogP contribution in [0.5, 0.6) is 5.75 Å². The van der Waals surface area contributed by atoms with Gasteiger partial charge in [-0.3, -0.25) is 4.79 Å². The summed E-state index contributed by atoms with van der Waals surface area (Å²) in [6, 6.07) is 13.1. The van der Waals surface area contributed by atoms with Crippen LogP contribution in [0.3, 0.4) is 0 Å². The van der Waals surface area contributed by atoms with Gasteiger partial charge in [0.2, 0.25) is 0 Å². The molecule has 9 heteroatoms. The third-order valence-corrected chi connectivity index (χ3v) is 3.55. The molecule has 1 amide bonds. The first-order valence-electron chi connectivity index (χ1n) is 7.69. The van der Waals surface area contributed by atoms with Crippen molar-refractivity contribution in [2.75, 3.05) is 0 Å². The van der Waals surface area contributed by atoms with E-state index in [0.29, 0.717) is 11.3 Å². The lowest BCUT2D eigenvalue weighted by Crippen LogP contribution is -2.18. The van der Waals surface area contributed by atoms with Gasteiger partial charge < -0.3 is 5.11 Å². The highest BCUT2D eigenvalue weighted by molar-refractivity contribution is 5.95. The molecule has 0 bridgehead atoms. The summed E-state index contributed by atoms with van der Waals surface area (Å²) in [7, 11) is 0. The molecule has 0 aliphatic rings. The second-order valence-electron chi connectivity index (χ2n) is 5.46. The molecule has 27 heavy (non-hydrogen) atoms. The van der Waals surface area contributed by atoms with Crippen molar-refractivity contribution in [3.63, 3.8) is 0 Å². The van der Waals surface area contributed by atoms with Gasteiger partial charge in [-0.05, 0) is 29.8 Å². The quantitative estimate of drug-likeness (QED) is 0.543. The Balaban J connectivity index is 1.67. The molecule has 0 saturated heterocycles. The smallest absolute Gasteiger partial charge is 0.416 e. The molecule has 6 nitrogen and oxygen atoms in total. The number of hydrogen-bond donors (Lipinski definition) is 2. The summed E-state index contributed by atoms with van der Waals surface area (Å²) in [5.41, 5.74) is 2.18. The number of nitrogens with zero attached hydrogens (tertiary/aromatic N) is 3. The first-order valence-corrected chi connectivity index (χ1v) is 7.69. The molecule has 0 fully saturated rings. The molecule has 0 saturated carbocycles. The molecule has 0 aliphatic carbocycles. The predicted octanol–water partition coefficient (Wildman–Crippen LogP) is 3.36. The molecule has 2 aromatic carbocycles. The lowest BCUT2D eigenvalue weighted by Gasteiger charge is -2.05. The number of benzene rings is 2. The number of halogens is 3. The molecule has 0 atom stereocenters. The van der Waals surface area contributed by atoms with Crippen LogP contribution in [0.4, 0.5) is 13.2 Å². The maximum Gasteiger partial charge on any atom is 0.416 e. The summed E-state index contributed by atoms with van der Waals surface area (Å²) >= 11 is 0. The van der Waals surface area contributed by atoms with Crippen molar-refractivity contribution < 1.29 is 23.1 Å². The van der Waals surface area contributed by atoms with Crippen molar-refractivity contribution in [3.05, 3.63) is 77.6 Å². The van der Waals surface area contributed by atoms with E-state index in [-0.39, 0.29) is 11.4 Å². The van der Waals surface area contributed by atoms with Crippen LogP contribution in [0.25, 0.3) is 5.69 Å². The van der Waals surface area contributed by atoms with Crippen molar-refractivity contribution in [2.24, 2.45) is 5.10 Å². The number of aromatic hydroxyl groups is 1. The number of hydrazone groups is 1. The number of carbonyl (C=O) groups is 1. The number of rotatable bonds is 4. The van der Waals surface area contributed by atoms with E-state index in [1.54, 1.807) is 24.3 Å². The zero-order valence-corrected chi connectivity index (χ0v) is 13.7. The Kier molecular flexibility index (Phi) is 4.93. The minimum Gasteiger partial charge on any atom is -0.504 e. The van der Waals surface area contributed by atoms with Gasteiger partial charge in [0.1, 0.15) is 0 Å². The average molecular weight is 374 g/mol. The maximum absolute atomic E-state index is 12.5. The highest BCUT2D eigenvalue weighted by Crippen LogP contribution is 2.28. The number of aromatic nitrogens is 2. The summed E-state index contributed by atoms with van der Waals surface area (Å²) < 4.78 is 38.9. The van der Waals surface area contributed by atoms with E-state index in [9.17, 15) is 23.1 Å². The molecule has 138 valence electrons. The van der Waals surface area contributed by atoms with Crippen LogP contribution in [0, 0.1) is 0 Å². The SMILES string of the molecule is O=C(N/N=C/c1ccc(C(F)(F)F)cc1)c1nn(-c2ccccc2)cc1O. The van der Waals surface area contributed by atoms with Gasteiger partial charge in [-0.25, -0.2) is 10.1 Å². The number of amides is 1. The molecular formula is C18H13F3N4O2. The molecule has 1 aromatic heterocycles. The fourth-order valence-corrected chi connectivity index (χ4v) is 2.22. The van der Waals surface area contributed by atoms with E-state index in [4.69, 9.17) is 0 Å². The number of alkyl halides is 3. The molecule has 0 unspecified atom stereocenters. The Labute approximate surface area is 151 Å². The zero-order valence-electron chi connectivity index (χ0n) is 13.7. The van der Waals surface area contributed by atoms with Gasteiger partial charge in [0.15, 0.2) is 11.4 Å². The van der Waals surface area contributed by atoms with E-state index in [0.717, 1.165) is 12.1 Å². The molecule has 2 N–H and O–H groups in total. The molecule has 0 spiro atoms. The third-order valence-electron chi connectivity index (χ3n) is 3.55. The summed E-state index contributed by atoms with van der Waals surface area (Å²) in [6.07, 6.45) is -1.95. The normalized spacial score (nSPS) is 11.7. The lowest BCUT2D eigenvalue weighted by molar-refractivity contribution is -0.137. The van der Waals surface area contributed by atoms with Crippen LogP contribution in [-0.4, -0.2) is 27.0 Å². The number of para-hydroxylation sites is 1. The second-order valence-corrected chi connectivity index (χ2v) is 5.46. The number of nitrogens with one attached hydrogen (secondary N) is 1. The van der Waals surface area contributed by atoms with Crippen molar-refractivity contribution in [3.8, 4) is 11.4 Å².